The van der Waals surface area contributed by atoms with Gasteiger partial charge >= 0.3 is 0 Å². The van der Waals surface area contributed by atoms with Crippen LogP contribution in [0.15, 0.2) is 11.1 Å². The zero-order chi connectivity index (χ0) is 20.4. The highest BCUT2D eigenvalue weighted by Crippen LogP contribution is 2.36. The van der Waals surface area contributed by atoms with Crippen LogP contribution in [0.4, 0.5) is 0 Å². The van der Waals surface area contributed by atoms with Crippen molar-refractivity contribution >= 4 is 9.39 Å². The normalized spacial score (nSPS) is 26.9. The first kappa shape index (κ1) is 25.1. The van der Waals surface area contributed by atoms with Gasteiger partial charge in [-0.25, -0.2) is 0 Å². The number of hydrogen-bond donors (Lipinski definition) is 2. The first-order chi connectivity index (χ1) is 13.0. The highest BCUT2D eigenvalue weighted by molar-refractivity contribution is 7.13. The third-order valence-corrected chi connectivity index (χ3v) is 7.53. The van der Waals surface area contributed by atoms with Gasteiger partial charge in [0.25, 0.3) is 0 Å². The minimum atomic E-state index is 0.218. The first-order valence-corrected chi connectivity index (χ1v) is 12.2. The quantitative estimate of drug-likeness (QED) is 0.318. The van der Waals surface area contributed by atoms with Gasteiger partial charge in [0.05, 0.1) is 0 Å². The van der Waals surface area contributed by atoms with Gasteiger partial charge in [0.1, 0.15) is 0 Å². The SMILES string of the molecule is CCCC(CC/C(CC)=C(/CC)[C@H](N)C[C@H]1C(CC)C(CC)CN1C)NP. The van der Waals surface area contributed by atoms with Crippen LogP contribution < -0.4 is 10.8 Å². The van der Waals surface area contributed by atoms with E-state index in [0.29, 0.717) is 12.1 Å². The number of nitrogens with two attached hydrogens (primary N) is 1. The van der Waals surface area contributed by atoms with Crippen molar-refractivity contribution in [1.29, 1.82) is 0 Å². The zero-order valence-corrected chi connectivity index (χ0v) is 20.2. The van der Waals surface area contributed by atoms with E-state index in [1.165, 1.54) is 45.1 Å². The van der Waals surface area contributed by atoms with E-state index in [1.807, 2.05) is 0 Å². The Morgan fingerprint density at radius 3 is 2.30 bits per heavy atom. The molecule has 6 atom stereocenters. The lowest BCUT2D eigenvalue weighted by atomic mass is 9.82. The second-order valence-electron chi connectivity index (χ2n) is 8.62. The summed E-state index contributed by atoms with van der Waals surface area (Å²) in [5.41, 5.74) is 10.0. The van der Waals surface area contributed by atoms with Crippen molar-refractivity contribution < 1.29 is 0 Å². The van der Waals surface area contributed by atoms with E-state index in [-0.39, 0.29) is 6.04 Å². The van der Waals surface area contributed by atoms with Gasteiger partial charge in [0.2, 0.25) is 0 Å². The van der Waals surface area contributed by atoms with E-state index >= 15 is 0 Å². The molecule has 0 bridgehead atoms. The van der Waals surface area contributed by atoms with Gasteiger partial charge in [-0.15, -0.1) is 0 Å². The maximum absolute atomic E-state index is 6.84. The summed E-state index contributed by atoms with van der Waals surface area (Å²) in [5.74, 6) is 1.66. The molecule has 160 valence electrons. The Morgan fingerprint density at radius 2 is 1.81 bits per heavy atom. The summed E-state index contributed by atoms with van der Waals surface area (Å²) < 4.78 is 0. The van der Waals surface area contributed by atoms with Gasteiger partial charge in [0, 0.05) is 24.7 Å². The molecule has 4 heteroatoms. The van der Waals surface area contributed by atoms with Crippen molar-refractivity contribution in [3.63, 3.8) is 0 Å². The van der Waals surface area contributed by atoms with Crippen LogP contribution in [0.2, 0.25) is 0 Å². The van der Waals surface area contributed by atoms with E-state index in [4.69, 9.17) is 5.73 Å². The second kappa shape index (κ2) is 13.3. The fraction of sp³-hybridized carbons (Fsp3) is 0.913. The summed E-state index contributed by atoms with van der Waals surface area (Å²) in [6.07, 6.45) is 10.8. The lowest BCUT2D eigenvalue weighted by molar-refractivity contribution is 0.240. The number of hydrogen-bond acceptors (Lipinski definition) is 3. The van der Waals surface area contributed by atoms with Crippen molar-refractivity contribution in [3.8, 4) is 0 Å². The summed E-state index contributed by atoms with van der Waals surface area (Å²) in [5, 5.41) is 3.41. The maximum Gasteiger partial charge on any atom is 0.0271 e. The van der Waals surface area contributed by atoms with E-state index in [9.17, 15) is 0 Å². The van der Waals surface area contributed by atoms with Crippen molar-refractivity contribution in [3.05, 3.63) is 11.1 Å². The molecule has 1 aliphatic rings. The van der Waals surface area contributed by atoms with Gasteiger partial charge < -0.3 is 10.6 Å². The van der Waals surface area contributed by atoms with Gasteiger partial charge in [-0.05, 0) is 57.4 Å². The van der Waals surface area contributed by atoms with Crippen LogP contribution in [0.25, 0.3) is 0 Å². The highest BCUT2D eigenvalue weighted by Gasteiger charge is 2.38. The third kappa shape index (κ3) is 7.11. The van der Waals surface area contributed by atoms with Crippen molar-refractivity contribution in [2.45, 2.75) is 111 Å². The number of nitrogens with zero attached hydrogens (tertiary/aromatic N) is 1. The Balaban J connectivity index is 2.85. The first-order valence-electron chi connectivity index (χ1n) is 11.6. The van der Waals surface area contributed by atoms with Gasteiger partial charge in [0.15, 0.2) is 0 Å². The second-order valence-corrected chi connectivity index (χ2v) is 8.95. The number of rotatable bonds is 13. The average molecular weight is 398 g/mol. The Hall–Kier alpha value is 0.0500. The van der Waals surface area contributed by atoms with E-state index in [0.717, 1.165) is 31.1 Å². The van der Waals surface area contributed by atoms with Gasteiger partial charge in [-0.3, -0.25) is 5.09 Å². The van der Waals surface area contributed by atoms with E-state index in [2.05, 4.69) is 61.0 Å². The molecule has 1 saturated heterocycles. The van der Waals surface area contributed by atoms with E-state index in [1.54, 1.807) is 11.1 Å². The topological polar surface area (TPSA) is 41.3 Å². The van der Waals surface area contributed by atoms with Crippen molar-refractivity contribution in [1.82, 2.24) is 9.99 Å². The molecular formula is C23H48N3P. The molecule has 1 heterocycles. The van der Waals surface area contributed by atoms with Crippen LogP contribution >= 0.6 is 9.39 Å². The Kier molecular flexibility index (Phi) is 12.4. The minimum absolute atomic E-state index is 0.218. The number of nitrogens with one attached hydrogen (secondary N) is 1. The molecule has 3 N–H and O–H groups in total. The fourth-order valence-corrected chi connectivity index (χ4v) is 5.76. The zero-order valence-electron chi connectivity index (χ0n) is 19.1. The molecule has 27 heavy (non-hydrogen) atoms. The smallest absolute Gasteiger partial charge is 0.0271 e. The molecular weight excluding hydrogens is 349 g/mol. The molecule has 0 amide bonds. The summed E-state index contributed by atoms with van der Waals surface area (Å²) in [4.78, 5) is 2.59. The van der Waals surface area contributed by atoms with Crippen molar-refractivity contribution in [2.24, 2.45) is 17.6 Å². The van der Waals surface area contributed by atoms with Crippen LogP contribution in [0.1, 0.15) is 92.4 Å². The molecule has 1 rings (SSSR count). The monoisotopic (exact) mass is 397 g/mol. The molecule has 0 saturated carbocycles. The van der Waals surface area contributed by atoms with Crippen LogP contribution in [0.5, 0.6) is 0 Å². The molecule has 0 aromatic rings. The predicted molar refractivity (Wildman–Crippen MR) is 125 cm³/mol. The summed E-state index contributed by atoms with van der Waals surface area (Å²) in [6, 6.07) is 1.47. The predicted octanol–water partition coefficient (Wildman–Crippen LogP) is 5.52. The lowest BCUT2D eigenvalue weighted by Crippen LogP contribution is -2.37. The highest BCUT2D eigenvalue weighted by atomic mass is 31.0. The Morgan fingerprint density at radius 1 is 1.11 bits per heavy atom. The fourth-order valence-electron chi connectivity index (χ4n) is 5.42. The number of allylic oxidation sites excluding steroid dienone is 1. The Labute approximate surface area is 172 Å². The Bertz CT molecular complexity index is 437. The minimum Gasteiger partial charge on any atom is -0.324 e. The number of likely N-dealkylation sites (tertiary alicyclic amines) is 1. The van der Waals surface area contributed by atoms with Crippen LogP contribution in [-0.2, 0) is 0 Å². The molecule has 3 nitrogen and oxygen atoms in total. The van der Waals surface area contributed by atoms with Gasteiger partial charge in [-0.1, -0.05) is 74.4 Å². The molecule has 4 unspecified atom stereocenters. The standard InChI is InChI=1S/C23H48N3P/c1-7-12-19(25-27)14-13-17(8-2)20(10-4)22(24)15-23-21(11-5)18(9-3)16-26(23)6/h18-19,21-23,25H,7-16,24,27H2,1-6H3/b20-17-/t18?,19?,21?,22-,23+/m1/s1. The molecule has 0 radical (unpaired) electrons. The van der Waals surface area contributed by atoms with Gasteiger partial charge in [-0.2, -0.15) is 0 Å². The van der Waals surface area contributed by atoms with Crippen LogP contribution in [0, 0.1) is 11.8 Å². The lowest BCUT2D eigenvalue weighted by Gasteiger charge is -2.30. The van der Waals surface area contributed by atoms with Crippen LogP contribution in [-0.4, -0.2) is 36.6 Å². The summed E-state index contributed by atoms with van der Waals surface area (Å²) >= 11 is 0. The molecule has 0 aliphatic carbocycles. The average Bonchev–Trinajstić information content (AvgIpc) is 2.98. The van der Waals surface area contributed by atoms with Crippen LogP contribution in [0.3, 0.4) is 0 Å². The molecule has 0 spiro atoms. The van der Waals surface area contributed by atoms with E-state index < -0.39 is 0 Å². The third-order valence-electron chi connectivity index (χ3n) is 7.06. The van der Waals surface area contributed by atoms with Crippen molar-refractivity contribution in [2.75, 3.05) is 13.6 Å². The molecule has 1 aliphatic heterocycles. The summed E-state index contributed by atoms with van der Waals surface area (Å²) in [7, 11) is 5.02. The molecule has 0 aromatic heterocycles. The maximum atomic E-state index is 6.84. The largest absolute Gasteiger partial charge is 0.324 e. The summed E-state index contributed by atoms with van der Waals surface area (Å²) in [6.45, 7) is 12.8. The molecule has 1 fully saturated rings. The molecule has 0 aromatic carbocycles.